The lowest BCUT2D eigenvalue weighted by Crippen LogP contribution is -2.56. The number of halogens is 1. The summed E-state index contributed by atoms with van der Waals surface area (Å²) in [7, 11) is 1.71. The van der Waals surface area contributed by atoms with E-state index in [9.17, 15) is 9.18 Å². The van der Waals surface area contributed by atoms with Crippen LogP contribution >= 0.6 is 0 Å². The largest absolute Gasteiger partial charge is 0.496 e. The van der Waals surface area contributed by atoms with Gasteiger partial charge in [0.1, 0.15) is 11.6 Å². The zero-order chi connectivity index (χ0) is 19.5. The Bertz CT molecular complexity index is 827. The smallest absolute Gasteiger partial charge is 0.254 e. The number of carbonyl (C=O) groups is 1. The minimum atomic E-state index is -0.464. The quantitative estimate of drug-likeness (QED) is 0.845. The molecule has 0 radical (unpaired) electrons. The Morgan fingerprint density at radius 1 is 1.11 bits per heavy atom. The maximum absolute atomic E-state index is 13.9. The first-order valence-electron chi connectivity index (χ1n) is 10.1. The molecule has 4 rings (SSSR count). The number of piperidine rings is 2. The molecule has 0 spiro atoms. The van der Waals surface area contributed by atoms with E-state index in [1.54, 1.807) is 25.3 Å². The van der Waals surface area contributed by atoms with Crippen molar-refractivity contribution >= 4 is 5.91 Å². The Balaban J connectivity index is 1.45. The van der Waals surface area contributed by atoms with Gasteiger partial charge in [0, 0.05) is 30.2 Å². The molecular formula is C23H27FN2O2. The fraction of sp³-hybridized carbons (Fsp3) is 0.435. The molecule has 4 nitrogen and oxygen atoms in total. The summed E-state index contributed by atoms with van der Waals surface area (Å²) >= 11 is 0. The van der Waals surface area contributed by atoms with E-state index in [0.29, 0.717) is 12.1 Å². The van der Waals surface area contributed by atoms with Crippen LogP contribution in [0.5, 0.6) is 5.75 Å². The Morgan fingerprint density at radius 3 is 2.50 bits per heavy atom. The van der Waals surface area contributed by atoms with Crippen molar-refractivity contribution in [2.75, 3.05) is 7.11 Å². The van der Waals surface area contributed by atoms with Gasteiger partial charge in [-0.1, -0.05) is 36.8 Å². The molecule has 2 fully saturated rings. The summed E-state index contributed by atoms with van der Waals surface area (Å²) in [4.78, 5) is 15.1. The fourth-order valence-corrected chi connectivity index (χ4v) is 4.79. The van der Waals surface area contributed by atoms with E-state index in [0.717, 1.165) is 38.0 Å². The van der Waals surface area contributed by atoms with Crippen LogP contribution in [0.15, 0.2) is 48.5 Å². The molecule has 1 unspecified atom stereocenters. The van der Waals surface area contributed by atoms with Crippen LogP contribution in [0.25, 0.3) is 0 Å². The second-order valence-corrected chi connectivity index (χ2v) is 7.84. The maximum atomic E-state index is 13.9. The van der Waals surface area contributed by atoms with Gasteiger partial charge in [-0.15, -0.1) is 0 Å². The first-order valence-corrected chi connectivity index (χ1v) is 10.1. The number of carbonyl (C=O) groups excluding carboxylic acids is 1. The van der Waals surface area contributed by atoms with E-state index < -0.39 is 5.82 Å². The molecule has 3 atom stereocenters. The van der Waals surface area contributed by atoms with Gasteiger partial charge in [-0.05, 0) is 43.9 Å². The molecule has 2 aromatic rings. The molecule has 2 aliphatic rings. The standard InChI is InChI=1S/C23H27FN2O2/c1-28-22-12-5-2-7-16(22)15-26-18-8-6-9-19(26)14-17(13-18)25-23(27)20-10-3-4-11-21(20)24/h2-5,7,10-12,17-19H,6,8-9,13-15H2,1H3,(H,25,27)/t17?,18-,19+. The average molecular weight is 382 g/mol. The lowest BCUT2D eigenvalue weighted by atomic mass is 9.81. The van der Waals surface area contributed by atoms with E-state index >= 15 is 0 Å². The number of amides is 1. The minimum absolute atomic E-state index is 0.0938. The van der Waals surface area contributed by atoms with Gasteiger partial charge >= 0.3 is 0 Å². The number of methoxy groups -OCH3 is 1. The minimum Gasteiger partial charge on any atom is -0.496 e. The third kappa shape index (κ3) is 3.90. The number of hydrogen-bond donors (Lipinski definition) is 1. The Morgan fingerprint density at radius 2 is 1.79 bits per heavy atom. The van der Waals surface area contributed by atoms with Crippen molar-refractivity contribution in [3.05, 3.63) is 65.5 Å². The molecule has 2 aliphatic heterocycles. The number of hydrogen-bond acceptors (Lipinski definition) is 3. The second-order valence-electron chi connectivity index (χ2n) is 7.84. The van der Waals surface area contributed by atoms with Crippen LogP contribution in [0.4, 0.5) is 4.39 Å². The van der Waals surface area contributed by atoms with Gasteiger partial charge in [-0.2, -0.15) is 0 Å². The van der Waals surface area contributed by atoms with Crippen molar-refractivity contribution in [1.29, 1.82) is 0 Å². The Kier molecular flexibility index (Phi) is 5.62. The van der Waals surface area contributed by atoms with E-state index in [2.05, 4.69) is 22.3 Å². The number of rotatable bonds is 5. The topological polar surface area (TPSA) is 41.6 Å². The molecule has 1 amide bonds. The molecule has 0 aromatic heterocycles. The predicted molar refractivity (Wildman–Crippen MR) is 107 cm³/mol. The highest BCUT2D eigenvalue weighted by Gasteiger charge is 2.39. The van der Waals surface area contributed by atoms with Crippen LogP contribution in [0.3, 0.4) is 0 Å². The third-order valence-electron chi connectivity index (χ3n) is 6.13. The van der Waals surface area contributed by atoms with Crippen molar-refractivity contribution in [2.45, 2.75) is 56.8 Å². The molecule has 2 bridgehead atoms. The maximum Gasteiger partial charge on any atom is 0.254 e. The number of para-hydroxylation sites is 1. The summed E-state index contributed by atoms with van der Waals surface area (Å²) in [6, 6.07) is 15.3. The molecule has 0 aliphatic carbocycles. The van der Waals surface area contributed by atoms with Crippen LogP contribution in [-0.2, 0) is 6.54 Å². The van der Waals surface area contributed by atoms with Crippen molar-refractivity contribution in [3.8, 4) is 5.75 Å². The lowest BCUT2D eigenvalue weighted by molar-refractivity contribution is 0.0172. The van der Waals surface area contributed by atoms with Crippen LogP contribution in [0.1, 0.15) is 48.0 Å². The van der Waals surface area contributed by atoms with Gasteiger partial charge in [0.15, 0.2) is 0 Å². The molecule has 2 saturated heterocycles. The number of benzene rings is 2. The highest BCUT2D eigenvalue weighted by atomic mass is 19.1. The van der Waals surface area contributed by atoms with Crippen LogP contribution in [0.2, 0.25) is 0 Å². The molecular weight excluding hydrogens is 355 g/mol. The Labute approximate surface area is 165 Å². The third-order valence-corrected chi connectivity index (χ3v) is 6.13. The molecule has 28 heavy (non-hydrogen) atoms. The van der Waals surface area contributed by atoms with E-state index in [1.165, 1.54) is 18.1 Å². The summed E-state index contributed by atoms with van der Waals surface area (Å²) in [5.74, 6) is 0.156. The lowest BCUT2D eigenvalue weighted by Gasteiger charge is -2.49. The summed E-state index contributed by atoms with van der Waals surface area (Å²) in [6.07, 6.45) is 5.32. The molecule has 1 N–H and O–H groups in total. The zero-order valence-corrected chi connectivity index (χ0v) is 16.2. The molecule has 2 aromatic carbocycles. The van der Waals surface area contributed by atoms with Gasteiger partial charge in [0.05, 0.1) is 12.7 Å². The highest BCUT2D eigenvalue weighted by Crippen LogP contribution is 2.36. The van der Waals surface area contributed by atoms with Crippen LogP contribution in [0, 0.1) is 5.82 Å². The summed E-state index contributed by atoms with van der Waals surface area (Å²) in [5, 5.41) is 3.08. The number of nitrogens with zero attached hydrogens (tertiary/aromatic N) is 1. The van der Waals surface area contributed by atoms with Crippen LogP contribution in [-0.4, -0.2) is 36.0 Å². The summed E-state index contributed by atoms with van der Waals surface area (Å²) < 4.78 is 19.4. The number of ether oxygens (including phenoxy) is 1. The fourth-order valence-electron chi connectivity index (χ4n) is 4.79. The van der Waals surface area contributed by atoms with E-state index in [-0.39, 0.29) is 17.5 Å². The second kappa shape index (κ2) is 8.31. The highest BCUT2D eigenvalue weighted by molar-refractivity contribution is 5.94. The van der Waals surface area contributed by atoms with Crippen molar-refractivity contribution in [3.63, 3.8) is 0 Å². The van der Waals surface area contributed by atoms with Gasteiger partial charge in [0.2, 0.25) is 0 Å². The Hall–Kier alpha value is -2.40. The molecule has 2 heterocycles. The van der Waals surface area contributed by atoms with Crippen molar-refractivity contribution < 1.29 is 13.9 Å². The van der Waals surface area contributed by atoms with Crippen LogP contribution < -0.4 is 10.1 Å². The summed E-state index contributed by atoms with van der Waals surface area (Å²) in [5.41, 5.74) is 1.33. The first-order chi connectivity index (χ1) is 13.7. The number of fused-ring (bicyclic) bond motifs is 2. The number of nitrogens with one attached hydrogen (secondary N) is 1. The van der Waals surface area contributed by atoms with E-state index in [1.807, 2.05) is 12.1 Å². The summed E-state index contributed by atoms with van der Waals surface area (Å²) in [6.45, 7) is 0.868. The van der Waals surface area contributed by atoms with Gasteiger partial charge < -0.3 is 10.1 Å². The monoisotopic (exact) mass is 382 g/mol. The van der Waals surface area contributed by atoms with E-state index in [4.69, 9.17) is 4.74 Å². The SMILES string of the molecule is COc1ccccc1CN1[C@@H]2CCC[C@H]1CC(NC(=O)c1ccccc1F)C2. The normalized spacial score (nSPS) is 24.6. The molecule has 148 valence electrons. The predicted octanol–water partition coefficient (Wildman–Crippen LogP) is 4.15. The van der Waals surface area contributed by atoms with Crippen molar-refractivity contribution in [1.82, 2.24) is 10.2 Å². The van der Waals surface area contributed by atoms with Crippen molar-refractivity contribution in [2.24, 2.45) is 0 Å². The molecule has 0 saturated carbocycles. The average Bonchev–Trinajstić information content (AvgIpc) is 2.69. The molecule has 5 heteroatoms. The van der Waals surface area contributed by atoms with Gasteiger partial charge in [0.25, 0.3) is 5.91 Å². The zero-order valence-electron chi connectivity index (χ0n) is 16.2. The van der Waals surface area contributed by atoms with Gasteiger partial charge in [-0.25, -0.2) is 4.39 Å². The first kappa shape index (κ1) is 18.9. The van der Waals surface area contributed by atoms with Gasteiger partial charge in [-0.3, -0.25) is 9.69 Å².